The number of nitrogens with two attached hydrogens (primary N) is 1. The topological polar surface area (TPSA) is 85.3 Å². The molecular weight excluding hydrogens is 256 g/mol. The third-order valence-electron chi connectivity index (χ3n) is 3.46. The van der Waals surface area contributed by atoms with Crippen LogP contribution in [0.1, 0.15) is 61.4 Å². The minimum Gasteiger partial charge on any atom is -0.494 e. The summed E-state index contributed by atoms with van der Waals surface area (Å²) < 4.78 is 1.23. The van der Waals surface area contributed by atoms with Gasteiger partial charge in [-0.2, -0.15) is 0 Å². The van der Waals surface area contributed by atoms with Crippen molar-refractivity contribution in [2.45, 2.75) is 58.9 Å². The molecule has 0 saturated heterocycles. The predicted molar refractivity (Wildman–Crippen MR) is 79.0 cm³/mol. The van der Waals surface area contributed by atoms with Crippen molar-refractivity contribution in [1.82, 2.24) is 4.57 Å². The second-order valence-electron chi connectivity index (χ2n) is 5.15. The van der Waals surface area contributed by atoms with Gasteiger partial charge in [0.1, 0.15) is 5.56 Å². The second-order valence-corrected chi connectivity index (χ2v) is 5.15. The molecule has 1 rings (SSSR count). The molecule has 1 aromatic rings. The number of carbonyl (C=O) groups is 1. The van der Waals surface area contributed by atoms with Crippen LogP contribution in [0.3, 0.4) is 0 Å². The summed E-state index contributed by atoms with van der Waals surface area (Å²) in [6.07, 6.45) is 6.54. The Kier molecular flexibility index (Phi) is 6.28. The number of hydrogen-bond acceptors (Lipinski definition) is 3. The average Bonchev–Trinajstić information content (AvgIpc) is 2.35. The number of rotatable bonds is 8. The molecule has 0 aromatic carbocycles. The number of carbonyl (C=O) groups excluding carboxylic acids is 1. The summed E-state index contributed by atoms with van der Waals surface area (Å²) in [4.78, 5) is 23.2. The van der Waals surface area contributed by atoms with Gasteiger partial charge in [-0.15, -0.1) is 0 Å². The number of hydrogen-bond donors (Lipinski definition) is 2. The van der Waals surface area contributed by atoms with Crippen LogP contribution in [0.5, 0.6) is 5.88 Å². The maximum Gasteiger partial charge on any atom is 0.254 e. The Balaban J connectivity index is 2.73. The average molecular weight is 280 g/mol. The minimum atomic E-state index is -0.711. The van der Waals surface area contributed by atoms with Crippen LogP contribution in [0.15, 0.2) is 10.9 Å². The van der Waals surface area contributed by atoms with E-state index >= 15 is 0 Å². The van der Waals surface area contributed by atoms with Crippen molar-refractivity contribution in [2.75, 3.05) is 0 Å². The van der Waals surface area contributed by atoms with Crippen LogP contribution in [0.25, 0.3) is 0 Å². The SMILES string of the molecule is CCCCCCCCn1c(O)c(C(N)=O)c(C)cc1=O. The van der Waals surface area contributed by atoms with E-state index in [1.54, 1.807) is 6.92 Å². The molecule has 1 heterocycles. The first-order valence-corrected chi connectivity index (χ1v) is 7.22. The zero-order chi connectivity index (χ0) is 15.1. The lowest BCUT2D eigenvalue weighted by molar-refractivity contribution is 0.0995. The van der Waals surface area contributed by atoms with Crippen molar-refractivity contribution in [1.29, 1.82) is 0 Å². The zero-order valence-electron chi connectivity index (χ0n) is 12.3. The van der Waals surface area contributed by atoms with E-state index in [1.165, 1.54) is 29.9 Å². The summed E-state index contributed by atoms with van der Waals surface area (Å²) in [5, 5.41) is 10.0. The van der Waals surface area contributed by atoms with E-state index < -0.39 is 5.91 Å². The molecular formula is C15H24N2O3. The summed E-state index contributed by atoms with van der Waals surface area (Å²) >= 11 is 0. The fourth-order valence-electron chi connectivity index (χ4n) is 2.32. The molecule has 0 saturated carbocycles. The van der Waals surface area contributed by atoms with Crippen LogP contribution in [0.4, 0.5) is 0 Å². The van der Waals surface area contributed by atoms with Crippen LogP contribution in [0, 0.1) is 6.92 Å². The molecule has 1 amide bonds. The van der Waals surface area contributed by atoms with Crippen LogP contribution < -0.4 is 11.3 Å². The number of aryl methyl sites for hydroxylation is 1. The van der Waals surface area contributed by atoms with Gasteiger partial charge in [-0.3, -0.25) is 14.2 Å². The van der Waals surface area contributed by atoms with Gasteiger partial charge in [0.05, 0.1) is 0 Å². The molecule has 0 radical (unpaired) electrons. The zero-order valence-corrected chi connectivity index (χ0v) is 12.3. The Bertz CT molecular complexity index is 521. The lowest BCUT2D eigenvalue weighted by atomic mass is 10.1. The Morgan fingerprint density at radius 1 is 1.25 bits per heavy atom. The molecule has 0 atom stereocenters. The van der Waals surface area contributed by atoms with E-state index in [0.717, 1.165) is 19.3 Å². The first-order valence-electron chi connectivity index (χ1n) is 7.22. The van der Waals surface area contributed by atoms with Gasteiger partial charge < -0.3 is 10.8 Å². The highest BCUT2D eigenvalue weighted by Gasteiger charge is 2.16. The number of pyridine rings is 1. The Labute approximate surface area is 119 Å². The van der Waals surface area contributed by atoms with Crippen molar-refractivity contribution < 1.29 is 9.90 Å². The highest BCUT2D eigenvalue weighted by atomic mass is 16.3. The maximum absolute atomic E-state index is 11.9. The third-order valence-corrected chi connectivity index (χ3v) is 3.46. The molecule has 5 heteroatoms. The number of amides is 1. The molecule has 0 aliphatic carbocycles. The third kappa shape index (κ3) is 4.11. The van der Waals surface area contributed by atoms with Gasteiger partial charge in [0.15, 0.2) is 0 Å². The molecule has 112 valence electrons. The maximum atomic E-state index is 11.9. The number of aromatic hydroxyl groups is 1. The van der Waals surface area contributed by atoms with E-state index in [9.17, 15) is 14.7 Å². The van der Waals surface area contributed by atoms with E-state index in [2.05, 4.69) is 6.92 Å². The van der Waals surface area contributed by atoms with E-state index in [-0.39, 0.29) is 17.0 Å². The number of unbranched alkanes of at least 4 members (excludes halogenated alkanes) is 5. The summed E-state index contributed by atoms with van der Waals surface area (Å²) in [5.41, 5.74) is 5.39. The lowest BCUT2D eigenvalue weighted by Crippen LogP contribution is -2.24. The van der Waals surface area contributed by atoms with Crippen molar-refractivity contribution in [3.63, 3.8) is 0 Å². The number of aromatic nitrogens is 1. The second kappa shape index (κ2) is 7.72. The molecule has 0 fully saturated rings. The molecule has 1 aromatic heterocycles. The Hall–Kier alpha value is -1.78. The van der Waals surface area contributed by atoms with Gasteiger partial charge in [0.2, 0.25) is 5.88 Å². The molecule has 3 N–H and O–H groups in total. The van der Waals surface area contributed by atoms with Gasteiger partial charge >= 0.3 is 0 Å². The summed E-state index contributed by atoms with van der Waals surface area (Å²) in [6.45, 7) is 4.17. The lowest BCUT2D eigenvalue weighted by Gasteiger charge is -2.12. The molecule has 0 aliphatic rings. The Morgan fingerprint density at radius 2 is 1.85 bits per heavy atom. The Morgan fingerprint density at radius 3 is 2.45 bits per heavy atom. The van der Waals surface area contributed by atoms with Crippen molar-refractivity contribution in [2.24, 2.45) is 5.73 Å². The van der Waals surface area contributed by atoms with Crippen molar-refractivity contribution >= 4 is 5.91 Å². The molecule has 0 unspecified atom stereocenters. The normalized spacial score (nSPS) is 10.7. The monoisotopic (exact) mass is 280 g/mol. The molecule has 5 nitrogen and oxygen atoms in total. The number of primary amides is 1. The van der Waals surface area contributed by atoms with Gasteiger partial charge in [0.25, 0.3) is 11.5 Å². The van der Waals surface area contributed by atoms with Crippen LogP contribution in [-0.2, 0) is 6.54 Å². The van der Waals surface area contributed by atoms with E-state index in [0.29, 0.717) is 12.1 Å². The fourth-order valence-corrected chi connectivity index (χ4v) is 2.32. The molecule has 0 aliphatic heterocycles. The van der Waals surface area contributed by atoms with Crippen molar-refractivity contribution in [3.8, 4) is 5.88 Å². The quantitative estimate of drug-likeness (QED) is 0.717. The molecule has 20 heavy (non-hydrogen) atoms. The summed E-state index contributed by atoms with van der Waals surface area (Å²) in [7, 11) is 0. The van der Waals surface area contributed by atoms with E-state index in [4.69, 9.17) is 5.73 Å². The highest BCUT2D eigenvalue weighted by Crippen LogP contribution is 2.18. The fraction of sp³-hybridized carbons (Fsp3) is 0.600. The largest absolute Gasteiger partial charge is 0.494 e. The van der Waals surface area contributed by atoms with Gasteiger partial charge in [-0.05, 0) is 18.9 Å². The first kappa shape index (κ1) is 16.3. The predicted octanol–water partition coefficient (Wildman–Crippen LogP) is 2.32. The smallest absolute Gasteiger partial charge is 0.254 e. The van der Waals surface area contributed by atoms with Crippen LogP contribution in [0.2, 0.25) is 0 Å². The summed E-state index contributed by atoms with van der Waals surface area (Å²) in [5.74, 6) is -1.02. The standard InChI is InChI=1S/C15H24N2O3/c1-3-4-5-6-7-8-9-17-12(18)10-11(2)13(14(16)19)15(17)20/h10,20H,3-9H2,1-2H3,(H2,16,19). The minimum absolute atomic E-state index is 0.0376. The van der Waals surface area contributed by atoms with Crippen LogP contribution in [-0.4, -0.2) is 15.6 Å². The van der Waals surface area contributed by atoms with Gasteiger partial charge in [0, 0.05) is 12.6 Å². The van der Waals surface area contributed by atoms with Gasteiger partial charge in [-0.1, -0.05) is 39.0 Å². The molecule has 0 bridgehead atoms. The molecule has 0 spiro atoms. The number of nitrogens with zero attached hydrogens (tertiary/aromatic N) is 1. The van der Waals surface area contributed by atoms with Crippen molar-refractivity contribution in [3.05, 3.63) is 27.5 Å². The van der Waals surface area contributed by atoms with Gasteiger partial charge in [-0.25, -0.2) is 0 Å². The first-order chi connectivity index (χ1) is 9.49. The van der Waals surface area contributed by atoms with Crippen LogP contribution >= 0.6 is 0 Å². The van der Waals surface area contributed by atoms with E-state index in [1.807, 2.05) is 0 Å². The highest BCUT2D eigenvalue weighted by molar-refractivity contribution is 5.96. The summed E-state index contributed by atoms with van der Waals surface area (Å²) in [6, 6.07) is 1.34.